The standard InChI is InChI=1S/C20H21FN6O4S/c1-32(29,30)18-16(21)12-24-20(25-18)26-5-2-14(3-6-26)19(28)27-17(4-7-31-27)15-8-13(9-22)10-23-11-15/h8,10-12,14,17H,2-7H2,1H3/t17-/m0/s1. The molecule has 2 saturated heterocycles. The Morgan fingerprint density at radius 2 is 2.00 bits per heavy atom. The predicted octanol–water partition coefficient (Wildman–Crippen LogP) is 1.41. The number of rotatable bonds is 4. The number of halogens is 1. The second-order valence-electron chi connectivity index (χ2n) is 7.78. The fourth-order valence-corrected chi connectivity index (χ4v) is 4.61. The molecule has 0 aliphatic carbocycles. The van der Waals surface area contributed by atoms with Crippen molar-refractivity contribution in [1.82, 2.24) is 20.0 Å². The van der Waals surface area contributed by atoms with E-state index >= 15 is 0 Å². The Morgan fingerprint density at radius 1 is 1.25 bits per heavy atom. The Morgan fingerprint density at radius 3 is 2.69 bits per heavy atom. The number of carbonyl (C=O) groups excluding carboxylic acids is 1. The van der Waals surface area contributed by atoms with Crippen molar-refractivity contribution in [3.05, 3.63) is 41.6 Å². The highest BCUT2D eigenvalue weighted by atomic mass is 32.2. The maximum atomic E-state index is 13.8. The lowest BCUT2D eigenvalue weighted by Gasteiger charge is -2.34. The predicted molar refractivity (Wildman–Crippen MR) is 109 cm³/mol. The number of sulfone groups is 1. The van der Waals surface area contributed by atoms with Crippen LogP contribution in [0.2, 0.25) is 0 Å². The molecule has 10 nitrogen and oxygen atoms in total. The Hall–Kier alpha value is -3.17. The molecule has 2 aromatic heterocycles. The summed E-state index contributed by atoms with van der Waals surface area (Å²) in [5.41, 5.74) is 1.17. The van der Waals surface area contributed by atoms with Gasteiger partial charge >= 0.3 is 0 Å². The Bertz CT molecular complexity index is 1180. The van der Waals surface area contributed by atoms with E-state index in [9.17, 15) is 17.6 Å². The van der Waals surface area contributed by atoms with Gasteiger partial charge < -0.3 is 4.90 Å². The third-order valence-electron chi connectivity index (χ3n) is 5.57. The van der Waals surface area contributed by atoms with E-state index in [2.05, 4.69) is 21.0 Å². The first kappa shape index (κ1) is 22.0. The molecule has 4 rings (SSSR count). The molecule has 1 atom stereocenters. The topological polar surface area (TPSA) is 129 Å². The largest absolute Gasteiger partial charge is 0.341 e. The zero-order valence-electron chi connectivity index (χ0n) is 17.3. The summed E-state index contributed by atoms with van der Waals surface area (Å²) < 4.78 is 37.2. The molecule has 4 heterocycles. The van der Waals surface area contributed by atoms with Gasteiger partial charge in [0.2, 0.25) is 11.9 Å². The molecular formula is C20H21FN6O4S. The van der Waals surface area contributed by atoms with Gasteiger partial charge in [-0.25, -0.2) is 22.9 Å². The Kier molecular flexibility index (Phi) is 6.03. The van der Waals surface area contributed by atoms with Crippen molar-refractivity contribution < 1.29 is 22.4 Å². The van der Waals surface area contributed by atoms with E-state index in [-0.39, 0.29) is 23.8 Å². The zero-order chi connectivity index (χ0) is 22.9. The highest BCUT2D eigenvalue weighted by Crippen LogP contribution is 2.33. The number of carbonyl (C=O) groups is 1. The first-order valence-electron chi connectivity index (χ1n) is 10.1. The number of piperidine rings is 1. The molecule has 2 aliphatic rings. The minimum atomic E-state index is -3.82. The van der Waals surface area contributed by atoms with Crippen molar-refractivity contribution in [1.29, 1.82) is 5.26 Å². The quantitative estimate of drug-likeness (QED) is 0.622. The van der Waals surface area contributed by atoms with Crippen LogP contribution >= 0.6 is 0 Å². The van der Waals surface area contributed by atoms with Crippen LogP contribution in [0.4, 0.5) is 10.3 Å². The van der Waals surface area contributed by atoms with E-state index in [1.165, 1.54) is 11.3 Å². The van der Waals surface area contributed by atoms with Gasteiger partial charge in [0.1, 0.15) is 6.07 Å². The average Bonchev–Trinajstić information content (AvgIpc) is 3.28. The fourth-order valence-electron chi connectivity index (χ4n) is 3.95. The molecule has 0 aromatic carbocycles. The highest BCUT2D eigenvalue weighted by Gasteiger charge is 2.37. The van der Waals surface area contributed by atoms with Crippen LogP contribution in [-0.2, 0) is 19.5 Å². The Balaban J connectivity index is 1.44. The molecule has 0 spiro atoms. The summed E-state index contributed by atoms with van der Waals surface area (Å²) in [7, 11) is -3.82. The number of nitrogens with zero attached hydrogens (tertiary/aromatic N) is 6. The first-order valence-corrected chi connectivity index (χ1v) is 12.0. The van der Waals surface area contributed by atoms with Gasteiger partial charge in [-0.15, -0.1) is 0 Å². The molecule has 32 heavy (non-hydrogen) atoms. The van der Waals surface area contributed by atoms with E-state index in [1.807, 2.05) is 0 Å². The van der Waals surface area contributed by atoms with Crippen molar-refractivity contribution in [2.75, 3.05) is 30.9 Å². The lowest BCUT2D eigenvalue weighted by Crippen LogP contribution is -2.42. The van der Waals surface area contributed by atoms with E-state index in [1.54, 1.807) is 17.2 Å². The summed E-state index contributed by atoms with van der Waals surface area (Å²) in [5, 5.41) is 9.86. The fraction of sp³-hybridized carbons (Fsp3) is 0.450. The molecular weight excluding hydrogens is 439 g/mol. The minimum absolute atomic E-state index is 0.118. The second kappa shape index (κ2) is 8.76. The molecule has 0 bridgehead atoms. The second-order valence-corrected chi connectivity index (χ2v) is 9.71. The molecule has 0 saturated carbocycles. The summed E-state index contributed by atoms with van der Waals surface area (Å²) in [6, 6.07) is 3.45. The number of aromatic nitrogens is 3. The molecule has 12 heteroatoms. The summed E-state index contributed by atoms with van der Waals surface area (Å²) in [6.45, 7) is 1.22. The van der Waals surface area contributed by atoms with Crippen molar-refractivity contribution in [2.45, 2.75) is 30.3 Å². The SMILES string of the molecule is CS(=O)(=O)c1nc(N2CCC(C(=O)N3OCC[C@H]3c3cncc(C#N)c3)CC2)ncc1F. The van der Waals surface area contributed by atoms with Crippen molar-refractivity contribution >= 4 is 21.7 Å². The van der Waals surface area contributed by atoms with Gasteiger partial charge in [0.05, 0.1) is 24.4 Å². The summed E-state index contributed by atoms with van der Waals surface area (Å²) in [6.07, 6.45) is 6.41. The van der Waals surface area contributed by atoms with Gasteiger partial charge in [-0.3, -0.25) is 14.6 Å². The van der Waals surface area contributed by atoms with E-state index in [0.29, 0.717) is 44.5 Å². The van der Waals surface area contributed by atoms with E-state index < -0.39 is 20.7 Å². The maximum Gasteiger partial charge on any atom is 0.249 e. The van der Waals surface area contributed by atoms with Gasteiger partial charge in [-0.2, -0.15) is 10.2 Å². The third kappa shape index (κ3) is 4.39. The van der Waals surface area contributed by atoms with Crippen LogP contribution in [0, 0.1) is 23.1 Å². The first-order chi connectivity index (χ1) is 15.3. The van der Waals surface area contributed by atoms with Gasteiger partial charge in [-0.1, -0.05) is 0 Å². The smallest absolute Gasteiger partial charge is 0.249 e. The lowest BCUT2D eigenvalue weighted by molar-refractivity contribution is -0.182. The molecule has 0 N–H and O–H groups in total. The van der Waals surface area contributed by atoms with Gasteiger partial charge in [0, 0.05) is 44.1 Å². The molecule has 2 aromatic rings. The van der Waals surface area contributed by atoms with Crippen molar-refractivity contribution in [3.63, 3.8) is 0 Å². The minimum Gasteiger partial charge on any atom is -0.341 e. The van der Waals surface area contributed by atoms with Gasteiger partial charge in [0.15, 0.2) is 20.7 Å². The highest BCUT2D eigenvalue weighted by molar-refractivity contribution is 7.90. The monoisotopic (exact) mass is 460 g/mol. The molecule has 0 radical (unpaired) electrons. The maximum absolute atomic E-state index is 13.8. The number of anilines is 1. The number of amides is 1. The van der Waals surface area contributed by atoms with Crippen molar-refractivity contribution in [3.8, 4) is 6.07 Å². The summed E-state index contributed by atoms with van der Waals surface area (Å²) in [4.78, 5) is 32.4. The number of hydrogen-bond acceptors (Lipinski definition) is 9. The normalized spacial score (nSPS) is 19.7. The van der Waals surface area contributed by atoms with E-state index in [0.717, 1.165) is 18.0 Å². The number of hydrogen-bond donors (Lipinski definition) is 0. The van der Waals surface area contributed by atoms with Crippen LogP contribution in [0.1, 0.15) is 36.4 Å². The average molecular weight is 460 g/mol. The van der Waals surface area contributed by atoms with Crippen LogP contribution in [0.15, 0.2) is 29.7 Å². The number of nitriles is 1. The van der Waals surface area contributed by atoms with Crippen LogP contribution in [0.3, 0.4) is 0 Å². The van der Waals surface area contributed by atoms with Crippen molar-refractivity contribution in [2.24, 2.45) is 5.92 Å². The molecule has 1 amide bonds. The van der Waals surface area contributed by atoms with Gasteiger partial charge in [-0.05, 0) is 24.5 Å². The third-order valence-corrected chi connectivity index (χ3v) is 6.56. The lowest BCUT2D eigenvalue weighted by atomic mass is 9.95. The van der Waals surface area contributed by atoms with Crippen LogP contribution in [0.25, 0.3) is 0 Å². The van der Waals surface area contributed by atoms with Crippen LogP contribution in [0.5, 0.6) is 0 Å². The number of hydroxylamine groups is 2. The molecule has 0 unspecified atom stereocenters. The van der Waals surface area contributed by atoms with Crippen LogP contribution < -0.4 is 4.90 Å². The molecule has 2 aliphatic heterocycles. The zero-order valence-corrected chi connectivity index (χ0v) is 18.1. The molecule has 2 fully saturated rings. The Labute approximate surface area is 184 Å². The van der Waals surface area contributed by atoms with E-state index in [4.69, 9.17) is 10.1 Å². The number of pyridine rings is 1. The van der Waals surface area contributed by atoms with Crippen LogP contribution in [-0.4, -0.2) is 60.3 Å². The summed E-state index contributed by atoms with van der Waals surface area (Å²) in [5.74, 6) is -1.32. The summed E-state index contributed by atoms with van der Waals surface area (Å²) >= 11 is 0. The van der Waals surface area contributed by atoms with Gasteiger partial charge in [0.25, 0.3) is 0 Å². The molecule has 168 valence electrons.